The lowest BCUT2D eigenvalue weighted by atomic mass is 10.0. The molecule has 0 spiro atoms. The molecule has 0 aliphatic carbocycles. The van der Waals surface area contributed by atoms with Crippen LogP contribution in [0.2, 0.25) is 0 Å². The second-order valence-electron chi connectivity index (χ2n) is 6.78. The van der Waals surface area contributed by atoms with Gasteiger partial charge in [0, 0.05) is 11.1 Å². The van der Waals surface area contributed by atoms with Crippen molar-refractivity contribution >= 4 is 17.9 Å². The number of carbonyl (C=O) groups excluding carboxylic acids is 3. The zero-order valence-electron chi connectivity index (χ0n) is 17.3. The van der Waals surface area contributed by atoms with Gasteiger partial charge in [-0.15, -0.1) is 0 Å². The molecule has 2 aromatic rings. The lowest BCUT2D eigenvalue weighted by Crippen LogP contribution is -2.14. The monoisotopic (exact) mass is 408 g/mol. The van der Waals surface area contributed by atoms with E-state index in [4.69, 9.17) is 14.2 Å². The highest BCUT2D eigenvalue weighted by atomic mass is 16.6. The Kier molecular flexibility index (Phi) is 7.69. The summed E-state index contributed by atoms with van der Waals surface area (Å²) < 4.78 is 15.3. The summed E-state index contributed by atoms with van der Waals surface area (Å²) in [6, 6.07) is 12.4. The number of benzene rings is 2. The Labute approximate surface area is 175 Å². The van der Waals surface area contributed by atoms with E-state index in [1.54, 1.807) is 44.2 Å². The van der Waals surface area contributed by atoms with E-state index in [-0.39, 0.29) is 18.8 Å². The fourth-order valence-electron chi connectivity index (χ4n) is 2.40. The molecule has 0 aliphatic heterocycles. The van der Waals surface area contributed by atoms with E-state index in [2.05, 4.69) is 13.2 Å². The Morgan fingerprint density at radius 3 is 1.93 bits per heavy atom. The molecule has 0 saturated carbocycles. The molecule has 0 aliphatic rings. The van der Waals surface area contributed by atoms with Crippen molar-refractivity contribution in [3.63, 3.8) is 0 Å². The van der Waals surface area contributed by atoms with E-state index < -0.39 is 17.9 Å². The third kappa shape index (κ3) is 6.17. The summed E-state index contributed by atoms with van der Waals surface area (Å²) in [6.45, 7) is 11.9. The number of carbonyl (C=O) groups is 3. The zero-order valence-corrected chi connectivity index (χ0v) is 17.3. The summed E-state index contributed by atoms with van der Waals surface area (Å²) in [5.74, 6) is -1.03. The van der Waals surface area contributed by atoms with Gasteiger partial charge in [0.1, 0.15) is 19.0 Å². The molecule has 6 heteroatoms. The molecule has 0 atom stereocenters. The van der Waals surface area contributed by atoms with Crippen LogP contribution in [0.25, 0.3) is 11.1 Å². The van der Waals surface area contributed by atoms with Gasteiger partial charge in [-0.2, -0.15) is 0 Å². The number of rotatable bonds is 8. The topological polar surface area (TPSA) is 78.9 Å². The molecule has 2 rings (SSSR count). The zero-order chi connectivity index (χ0) is 22.3. The van der Waals surface area contributed by atoms with Crippen molar-refractivity contribution in [1.29, 1.82) is 0 Å². The Balaban J connectivity index is 1.98. The Bertz CT molecular complexity index is 985. The lowest BCUT2D eigenvalue weighted by Gasteiger charge is -2.10. The molecule has 2 aromatic carbocycles. The van der Waals surface area contributed by atoms with Crippen LogP contribution in [0.3, 0.4) is 0 Å². The number of esters is 3. The van der Waals surface area contributed by atoms with Gasteiger partial charge in [0.05, 0.1) is 5.56 Å². The molecule has 0 aromatic heterocycles. The van der Waals surface area contributed by atoms with E-state index >= 15 is 0 Å². The Morgan fingerprint density at radius 2 is 1.37 bits per heavy atom. The number of hydrogen-bond acceptors (Lipinski definition) is 6. The molecule has 6 nitrogen and oxygen atoms in total. The van der Waals surface area contributed by atoms with Gasteiger partial charge in [-0.3, -0.25) is 0 Å². The molecule has 0 saturated heterocycles. The molecule has 0 amide bonds. The number of hydrogen-bond donors (Lipinski definition) is 0. The predicted molar refractivity (Wildman–Crippen MR) is 113 cm³/mol. The standard InChI is InChI=1S/C24H24O6/c1-15(2)22(25)28-12-13-29-24(27)19-8-6-18(7-9-19)20-10-11-21(17(5)14-20)30-23(26)16(3)4/h6-11,14H,1,3,12-13H2,2,4-5H3. The molecule has 30 heavy (non-hydrogen) atoms. The van der Waals surface area contributed by atoms with Crippen LogP contribution in [-0.4, -0.2) is 31.1 Å². The average Bonchev–Trinajstić information content (AvgIpc) is 2.72. The highest BCUT2D eigenvalue weighted by molar-refractivity contribution is 5.90. The van der Waals surface area contributed by atoms with Crippen molar-refractivity contribution in [3.05, 3.63) is 77.9 Å². The smallest absolute Gasteiger partial charge is 0.338 e. The minimum absolute atomic E-state index is 0.0307. The number of aryl methyl sites for hydroxylation is 1. The van der Waals surface area contributed by atoms with Crippen LogP contribution in [0.1, 0.15) is 29.8 Å². The SMILES string of the molecule is C=C(C)C(=O)OCCOC(=O)c1ccc(-c2ccc(OC(=O)C(=C)C)c(C)c2)cc1. The highest BCUT2D eigenvalue weighted by Crippen LogP contribution is 2.27. The molecule has 0 unspecified atom stereocenters. The van der Waals surface area contributed by atoms with Gasteiger partial charge in [0.15, 0.2) is 0 Å². The van der Waals surface area contributed by atoms with Gasteiger partial charge < -0.3 is 14.2 Å². The first-order valence-electron chi connectivity index (χ1n) is 9.27. The summed E-state index contributed by atoms with van der Waals surface area (Å²) in [5.41, 5.74) is 3.60. The molecule has 0 bridgehead atoms. The van der Waals surface area contributed by atoms with Gasteiger partial charge in [0.25, 0.3) is 0 Å². The number of ether oxygens (including phenoxy) is 3. The van der Waals surface area contributed by atoms with Crippen molar-refractivity contribution in [2.75, 3.05) is 13.2 Å². The maximum absolute atomic E-state index is 12.1. The van der Waals surface area contributed by atoms with Crippen LogP contribution in [-0.2, 0) is 19.1 Å². The molecule has 0 N–H and O–H groups in total. The fraction of sp³-hybridized carbons (Fsp3) is 0.208. The maximum atomic E-state index is 12.1. The van der Waals surface area contributed by atoms with Crippen LogP contribution in [0.15, 0.2) is 66.8 Å². The second kappa shape index (κ2) is 10.2. The summed E-state index contributed by atoms with van der Waals surface area (Å²) >= 11 is 0. The van der Waals surface area contributed by atoms with E-state index in [0.29, 0.717) is 16.9 Å². The first kappa shape index (κ1) is 22.6. The van der Waals surface area contributed by atoms with Crippen molar-refractivity contribution in [3.8, 4) is 16.9 Å². The third-order valence-electron chi connectivity index (χ3n) is 4.08. The highest BCUT2D eigenvalue weighted by Gasteiger charge is 2.11. The van der Waals surface area contributed by atoms with Crippen LogP contribution in [0, 0.1) is 6.92 Å². The van der Waals surface area contributed by atoms with E-state index in [0.717, 1.165) is 16.7 Å². The molecule has 0 radical (unpaired) electrons. The fourth-order valence-corrected chi connectivity index (χ4v) is 2.40. The average molecular weight is 408 g/mol. The molecule has 0 fully saturated rings. The van der Waals surface area contributed by atoms with Gasteiger partial charge in [-0.1, -0.05) is 31.4 Å². The van der Waals surface area contributed by atoms with Crippen LogP contribution >= 0.6 is 0 Å². The summed E-state index contributed by atoms with van der Waals surface area (Å²) in [4.78, 5) is 35.0. The first-order valence-corrected chi connectivity index (χ1v) is 9.27. The third-order valence-corrected chi connectivity index (χ3v) is 4.08. The second-order valence-corrected chi connectivity index (χ2v) is 6.78. The predicted octanol–water partition coefficient (Wildman–Crippen LogP) is 4.42. The van der Waals surface area contributed by atoms with Gasteiger partial charge in [-0.05, 0) is 61.7 Å². The minimum atomic E-state index is -0.522. The van der Waals surface area contributed by atoms with Crippen molar-refractivity contribution in [1.82, 2.24) is 0 Å². The normalized spacial score (nSPS) is 10.1. The van der Waals surface area contributed by atoms with Gasteiger partial charge >= 0.3 is 17.9 Å². The Morgan fingerprint density at radius 1 is 0.800 bits per heavy atom. The van der Waals surface area contributed by atoms with Gasteiger partial charge in [0.2, 0.25) is 0 Å². The van der Waals surface area contributed by atoms with Gasteiger partial charge in [-0.25, -0.2) is 14.4 Å². The summed E-state index contributed by atoms with van der Waals surface area (Å²) in [5, 5.41) is 0. The quantitative estimate of drug-likeness (QED) is 0.278. The minimum Gasteiger partial charge on any atom is -0.459 e. The molecule has 156 valence electrons. The maximum Gasteiger partial charge on any atom is 0.338 e. The summed E-state index contributed by atoms with van der Waals surface area (Å²) in [7, 11) is 0. The molecule has 0 heterocycles. The van der Waals surface area contributed by atoms with Crippen LogP contribution < -0.4 is 4.74 Å². The molecular weight excluding hydrogens is 384 g/mol. The van der Waals surface area contributed by atoms with Crippen molar-refractivity contribution < 1.29 is 28.6 Å². The van der Waals surface area contributed by atoms with E-state index in [1.807, 2.05) is 19.1 Å². The molecular formula is C24H24O6. The largest absolute Gasteiger partial charge is 0.459 e. The first-order chi connectivity index (χ1) is 14.2. The Hall–Kier alpha value is -3.67. The van der Waals surface area contributed by atoms with Crippen LogP contribution in [0.4, 0.5) is 0 Å². The van der Waals surface area contributed by atoms with E-state index in [1.165, 1.54) is 0 Å². The lowest BCUT2D eigenvalue weighted by molar-refractivity contribution is -0.140. The van der Waals surface area contributed by atoms with Crippen LogP contribution in [0.5, 0.6) is 5.75 Å². The van der Waals surface area contributed by atoms with Crippen molar-refractivity contribution in [2.24, 2.45) is 0 Å². The van der Waals surface area contributed by atoms with Crippen molar-refractivity contribution in [2.45, 2.75) is 20.8 Å². The van der Waals surface area contributed by atoms with E-state index in [9.17, 15) is 14.4 Å². The summed E-state index contributed by atoms with van der Waals surface area (Å²) in [6.07, 6.45) is 0.